The zero-order valence-electron chi connectivity index (χ0n) is 9.27. The van der Waals surface area contributed by atoms with Gasteiger partial charge in [-0.3, -0.25) is 9.36 Å². The summed E-state index contributed by atoms with van der Waals surface area (Å²) in [5, 5.41) is 2.68. The second kappa shape index (κ2) is 3.60. The molecule has 3 heteroatoms. The van der Waals surface area contributed by atoms with Crippen molar-refractivity contribution in [3.8, 4) is 0 Å². The molecule has 0 unspecified atom stereocenters. The summed E-state index contributed by atoms with van der Waals surface area (Å²) in [5.74, 6) is -0.0238. The van der Waals surface area contributed by atoms with E-state index in [0.29, 0.717) is 5.02 Å². The van der Waals surface area contributed by atoms with Gasteiger partial charge in [-0.15, -0.1) is 0 Å². The number of carbonyl (C=O) groups excluding carboxylic acids is 1. The lowest BCUT2D eigenvalue weighted by Crippen LogP contribution is -2.04. The van der Waals surface area contributed by atoms with E-state index in [0.717, 1.165) is 21.8 Å². The van der Waals surface area contributed by atoms with Crippen LogP contribution in [0.25, 0.3) is 21.8 Å². The first-order chi connectivity index (χ1) is 8.20. The van der Waals surface area contributed by atoms with E-state index in [1.54, 1.807) is 11.5 Å². The zero-order valence-corrected chi connectivity index (χ0v) is 10.0. The van der Waals surface area contributed by atoms with Gasteiger partial charge in [-0.2, -0.15) is 0 Å². The van der Waals surface area contributed by atoms with Crippen LogP contribution in [-0.4, -0.2) is 10.5 Å². The van der Waals surface area contributed by atoms with Gasteiger partial charge in [0.1, 0.15) is 0 Å². The Morgan fingerprint density at radius 3 is 2.53 bits per heavy atom. The highest BCUT2D eigenvalue weighted by Gasteiger charge is 2.14. The highest BCUT2D eigenvalue weighted by Crippen LogP contribution is 2.32. The topological polar surface area (TPSA) is 22.0 Å². The van der Waals surface area contributed by atoms with Gasteiger partial charge in [0.2, 0.25) is 5.91 Å². The highest BCUT2D eigenvalue weighted by molar-refractivity contribution is 6.37. The van der Waals surface area contributed by atoms with E-state index in [-0.39, 0.29) is 5.91 Å². The lowest BCUT2D eigenvalue weighted by molar-refractivity contribution is 0.0946. The molecule has 0 fully saturated rings. The van der Waals surface area contributed by atoms with E-state index in [2.05, 4.69) is 0 Å². The van der Waals surface area contributed by atoms with Gasteiger partial charge in [0.15, 0.2) is 0 Å². The molecule has 0 saturated carbocycles. The minimum atomic E-state index is -0.0238. The molecule has 0 aliphatic heterocycles. The zero-order chi connectivity index (χ0) is 12.0. The maximum atomic E-state index is 11.8. The molecule has 0 N–H and O–H groups in total. The van der Waals surface area contributed by atoms with Crippen LogP contribution in [0.2, 0.25) is 5.02 Å². The largest absolute Gasteiger partial charge is 0.279 e. The summed E-state index contributed by atoms with van der Waals surface area (Å²) >= 11 is 6.20. The smallest absolute Gasteiger partial charge is 0.228 e. The second-order valence-electron chi connectivity index (χ2n) is 4.01. The number of halogens is 1. The molecule has 0 spiro atoms. The molecule has 3 aromatic rings. The van der Waals surface area contributed by atoms with Gasteiger partial charge >= 0.3 is 0 Å². The molecule has 1 heterocycles. The van der Waals surface area contributed by atoms with Gasteiger partial charge in [0.25, 0.3) is 0 Å². The summed E-state index contributed by atoms with van der Waals surface area (Å²) in [4.78, 5) is 11.8. The Hall–Kier alpha value is -1.80. The molecule has 17 heavy (non-hydrogen) atoms. The molecule has 0 aliphatic carbocycles. The second-order valence-corrected chi connectivity index (χ2v) is 4.41. The van der Waals surface area contributed by atoms with Crippen LogP contribution >= 0.6 is 11.6 Å². The summed E-state index contributed by atoms with van der Waals surface area (Å²) in [5.41, 5.74) is 1.70. The molecular weight excluding hydrogens is 234 g/mol. The predicted molar refractivity (Wildman–Crippen MR) is 70.8 cm³/mol. The van der Waals surface area contributed by atoms with Crippen molar-refractivity contribution in [1.29, 1.82) is 0 Å². The summed E-state index contributed by atoms with van der Waals surface area (Å²) in [7, 11) is 0. The lowest BCUT2D eigenvalue weighted by Gasteiger charge is -2.02. The first-order valence-corrected chi connectivity index (χ1v) is 5.76. The van der Waals surface area contributed by atoms with Crippen molar-refractivity contribution < 1.29 is 4.79 Å². The third kappa shape index (κ3) is 1.38. The number of rotatable bonds is 0. The van der Waals surface area contributed by atoms with E-state index < -0.39 is 0 Å². The average Bonchev–Trinajstić information content (AvgIpc) is 2.65. The SMILES string of the molecule is CC(=O)n1c2ccccc2c2cccc(Cl)c21. The first-order valence-electron chi connectivity index (χ1n) is 5.39. The molecule has 0 amide bonds. The van der Waals surface area contributed by atoms with Crippen LogP contribution in [0.1, 0.15) is 11.7 Å². The molecular formula is C14H10ClNO. The fraction of sp³-hybridized carbons (Fsp3) is 0.0714. The van der Waals surface area contributed by atoms with Crippen molar-refractivity contribution in [2.24, 2.45) is 0 Å². The number of carbonyl (C=O) groups is 1. The molecule has 3 rings (SSSR count). The van der Waals surface area contributed by atoms with E-state index in [1.807, 2.05) is 42.5 Å². The third-order valence-electron chi connectivity index (χ3n) is 2.96. The monoisotopic (exact) mass is 243 g/mol. The van der Waals surface area contributed by atoms with Crippen LogP contribution in [0.3, 0.4) is 0 Å². The molecule has 0 saturated heterocycles. The Bertz CT molecular complexity index is 742. The van der Waals surface area contributed by atoms with Crippen LogP contribution in [0.15, 0.2) is 42.5 Å². The van der Waals surface area contributed by atoms with Gasteiger partial charge in [0.05, 0.1) is 16.1 Å². The van der Waals surface area contributed by atoms with Crippen molar-refractivity contribution in [2.75, 3.05) is 0 Å². The summed E-state index contributed by atoms with van der Waals surface area (Å²) in [6.07, 6.45) is 0. The van der Waals surface area contributed by atoms with Crippen LogP contribution < -0.4 is 0 Å². The van der Waals surface area contributed by atoms with E-state index in [1.165, 1.54) is 0 Å². The molecule has 1 aromatic heterocycles. The van der Waals surface area contributed by atoms with E-state index >= 15 is 0 Å². The first kappa shape index (κ1) is 10.4. The number of aromatic nitrogens is 1. The van der Waals surface area contributed by atoms with Crippen LogP contribution in [0.5, 0.6) is 0 Å². The van der Waals surface area contributed by atoms with Crippen molar-refractivity contribution in [2.45, 2.75) is 6.92 Å². The van der Waals surface area contributed by atoms with Crippen molar-refractivity contribution >= 4 is 39.3 Å². The Morgan fingerprint density at radius 1 is 1.06 bits per heavy atom. The van der Waals surface area contributed by atoms with Gasteiger partial charge in [-0.05, 0) is 12.1 Å². The molecule has 84 valence electrons. The summed E-state index contributed by atoms with van der Waals surface area (Å²) < 4.78 is 1.67. The maximum absolute atomic E-state index is 11.8. The predicted octanol–water partition coefficient (Wildman–Crippen LogP) is 4.11. The number of hydrogen-bond donors (Lipinski definition) is 0. The molecule has 0 atom stereocenters. The number of para-hydroxylation sites is 2. The average molecular weight is 244 g/mol. The Kier molecular flexibility index (Phi) is 2.20. The van der Waals surface area contributed by atoms with Gasteiger partial charge < -0.3 is 0 Å². The fourth-order valence-electron chi connectivity index (χ4n) is 2.30. The number of fused-ring (bicyclic) bond motifs is 3. The number of benzene rings is 2. The lowest BCUT2D eigenvalue weighted by atomic mass is 10.2. The Labute approximate surface area is 103 Å². The minimum Gasteiger partial charge on any atom is -0.279 e. The highest BCUT2D eigenvalue weighted by atomic mass is 35.5. The molecule has 0 bridgehead atoms. The van der Waals surface area contributed by atoms with Gasteiger partial charge in [-0.1, -0.05) is 41.9 Å². The Morgan fingerprint density at radius 2 is 1.76 bits per heavy atom. The molecule has 2 aromatic carbocycles. The van der Waals surface area contributed by atoms with Crippen molar-refractivity contribution in [3.63, 3.8) is 0 Å². The van der Waals surface area contributed by atoms with E-state index in [4.69, 9.17) is 11.6 Å². The fourth-order valence-corrected chi connectivity index (χ4v) is 2.56. The van der Waals surface area contributed by atoms with Crippen LogP contribution in [-0.2, 0) is 0 Å². The standard InChI is InChI=1S/C14H10ClNO/c1-9(17)16-13-8-3-2-5-10(13)11-6-4-7-12(15)14(11)16/h2-8H,1H3. The van der Waals surface area contributed by atoms with Crippen molar-refractivity contribution in [3.05, 3.63) is 47.5 Å². The molecule has 2 nitrogen and oxygen atoms in total. The summed E-state index contributed by atoms with van der Waals surface area (Å²) in [6, 6.07) is 13.5. The quantitative estimate of drug-likeness (QED) is 0.582. The molecule has 0 radical (unpaired) electrons. The Balaban J connectivity index is 2.68. The van der Waals surface area contributed by atoms with Crippen LogP contribution in [0, 0.1) is 0 Å². The number of nitrogens with zero attached hydrogens (tertiary/aromatic N) is 1. The van der Waals surface area contributed by atoms with Gasteiger partial charge in [0, 0.05) is 17.7 Å². The van der Waals surface area contributed by atoms with Gasteiger partial charge in [-0.25, -0.2) is 0 Å². The minimum absolute atomic E-state index is 0.0238. The number of hydrogen-bond acceptors (Lipinski definition) is 1. The maximum Gasteiger partial charge on any atom is 0.228 e. The van der Waals surface area contributed by atoms with E-state index in [9.17, 15) is 4.79 Å². The normalized spacial score (nSPS) is 11.2. The van der Waals surface area contributed by atoms with Crippen LogP contribution in [0.4, 0.5) is 0 Å². The van der Waals surface area contributed by atoms with Crippen molar-refractivity contribution in [1.82, 2.24) is 4.57 Å². The molecule has 0 aliphatic rings. The third-order valence-corrected chi connectivity index (χ3v) is 3.27. The summed E-state index contributed by atoms with van der Waals surface area (Å²) in [6.45, 7) is 1.55.